The number of hydrogen-bond donors (Lipinski definition) is 0. The molecule has 0 radical (unpaired) electrons. The van der Waals surface area contributed by atoms with Crippen LogP contribution in [0.25, 0.3) is 0 Å². The average molecular weight is 345 g/mol. The SMILES string of the molecule is CCOC(=O)CC1(c2ccccc2)CCCC(N2CCOCC2)C1=O. The Morgan fingerprint density at radius 3 is 2.68 bits per heavy atom. The van der Waals surface area contributed by atoms with E-state index in [0.717, 1.165) is 31.5 Å². The van der Waals surface area contributed by atoms with E-state index in [2.05, 4.69) is 4.90 Å². The van der Waals surface area contributed by atoms with Gasteiger partial charge in [0.15, 0.2) is 5.78 Å². The molecule has 0 bridgehead atoms. The minimum atomic E-state index is -0.769. The molecule has 2 fully saturated rings. The molecule has 1 saturated carbocycles. The van der Waals surface area contributed by atoms with Gasteiger partial charge in [0.1, 0.15) is 0 Å². The molecule has 2 atom stereocenters. The third kappa shape index (κ3) is 3.77. The highest BCUT2D eigenvalue weighted by atomic mass is 16.5. The van der Waals surface area contributed by atoms with Crippen LogP contribution in [0.3, 0.4) is 0 Å². The number of esters is 1. The summed E-state index contributed by atoms with van der Waals surface area (Å²) in [5.74, 6) is -0.123. The fourth-order valence-corrected chi connectivity index (χ4v) is 4.19. The number of benzene rings is 1. The maximum atomic E-state index is 13.6. The second-order valence-corrected chi connectivity index (χ2v) is 6.85. The van der Waals surface area contributed by atoms with Gasteiger partial charge >= 0.3 is 5.97 Å². The summed E-state index contributed by atoms with van der Waals surface area (Å²) >= 11 is 0. The summed E-state index contributed by atoms with van der Waals surface area (Å²) in [5.41, 5.74) is 0.167. The monoisotopic (exact) mass is 345 g/mol. The van der Waals surface area contributed by atoms with Crippen molar-refractivity contribution < 1.29 is 19.1 Å². The summed E-state index contributed by atoms with van der Waals surface area (Å²) in [7, 11) is 0. The van der Waals surface area contributed by atoms with Gasteiger partial charge < -0.3 is 9.47 Å². The molecule has 25 heavy (non-hydrogen) atoms. The van der Waals surface area contributed by atoms with Crippen molar-refractivity contribution in [3.8, 4) is 0 Å². The minimum Gasteiger partial charge on any atom is -0.466 e. The quantitative estimate of drug-likeness (QED) is 0.767. The van der Waals surface area contributed by atoms with Gasteiger partial charge in [-0.15, -0.1) is 0 Å². The molecule has 5 heteroatoms. The van der Waals surface area contributed by atoms with Gasteiger partial charge in [-0.25, -0.2) is 0 Å². The van der Waals surface area contributed by atoms with Gasteiger partial charge in [-0.1, -0.05) is 36.8 Å². The molecule has 2 unspecified atom stereocenters. The van der Waals surface area contributed by atoms with Gasteiger partial charge in [-0.05, 0) is 25.3 Å². The summed E-state index contributed by atoms with van der Waals surface area (Å²) in [5, 5.41) is 0. The number of rotatable bonds is 5. The van der Waals surface area contributed by atoms with E-state index < -0.39 is 5.41 Å². The number of carbonyl (C=O) groups is 2. The zero-order chi connectivity index (χ0) is 17.7. The van der Waals surface area contributed by atoms with Crippen LogP contribution in [-0.4, -0.2) is 55.6 Å². The van der Waals surface area contributed by atoms with Crippen LogP contribution < -0.4 is 0 Å². The molecular formula is C20H27NO4. The molecule has 1 aliphatic heterocycles. The molecule has 1 heterocycles. The van der Waals surface area contributed by atoms with Crippen LogP contribution in [0.4, 0.5) is 0 Å². The second-order valence-electron chi connectivity index (χ2n) is 6.85. The second kappa shape index (κ2) is 8.11. The molecule has 0 N–H and O–H groups in total. The van der Waals surface area contributed by atoms with Crippen molar-refractivity contribution in [3.05, 3.63) is 35.9 Å². The molecule has 1 aromatic carbocycles. The van der Waals surface area contributed by atoms with Crippen LogP contribution in [-0.2, 0) is 24.5 Å². The van der Waals surface area contributed by atoms with Crippen molar-refractivity contribution in [1.82, 2.24) is 4.90 Å². The van der Waals surface area contributed by atoms with E-state index in [9.17, 15) is 9.59 Å². The first kappa shape index (κ1) is 18.1. The predicted octanol–water partition coefficient (Wildman–Crippen LogP) is 2.33. The smallest absolute Gasteiger partial charge is 0.307 e. The molecule has 1 aliphatic carbocycles. The van der Waals surface area contributed by atoms with Crippen molar-refractivity contribution in [2.75, 3.05) is 32.9 Å². The normalized spacial score (nSPS) is 27.9. The van der Waals surface area contributed by atoms with Crippen molar-refractivity contribution in [3.63, 3.8) is 0 Å². The fraction of sp³-hybridized carbons (Fsp3) is 0.600. The summed E-state index contributed by atoms with van der Waals surface area (Å²) < 4.78 is 10.6. The molecular weight excluding hydrogens is 318 g/mol. The number of ketones is 1. The minimum absolute atomic E-state index is 0.129. The first-order valence-corrected chi connectivity index (χ1v) is 9.24. The van der Waals surface area contributed by atoms with Crippen LogP contribution in [0.5, 0.6) is 0 Å². The fourth-order valence-electron chi connectivity index (χ4n) is 4.19. The maximum Gasteiger partial charge on any atom is 0.307 e. The summed E-state index contributed by atoms with van der Waals surface area (Å²) in [6.45, 7) is 5.03. The number of ether oxygens (including phenoxy) is 2. The molecule has 0 aromatic heterocycles. The van der Waals surface area contributed by atoms with Crippen molar-refractivity contribution >= 4 is 11.8 Å². The number of morpholine rings is 1. The highest BCUT2D eigenvalue weighted by Crippen LogP contribution is 2.41. The van der Waals surface area contributed by atoms with Crippen molar-refractivity contribution in [2.45, 2.75) is 44.1 Å². The van der Waals surface area contributed by atoms with E-state index in [1.165, 1.54) is 0 Å². The maximum absolute atomic E-state index is 13.6. The first-order valence-electron chi connectivity index (χ1n) is 9.24. The van der Waals surface area contributed by atoms with Crippen LogP contribution >= 0.6 is 0 Å². The summed E-state index contributed by atoms with van der Waals surface area (Å²) in [6, 6.07) is 9.63. The largest absolute Gasteiger partial charge is 0.466 e. The van der Waals surface area contributed by atoms with Gasteiger partial charge in [0.05, 0.1) is 37.7 Å². The van der Waals surface area contributed by atoms with Crippen LogP contribution in [0.1, 0.15) is 38.2 Å². The van der Waals surface area contributed by atoms with Crippen LogP contribution in [0, 0.1) is 0 Å². The Balaban J connectivity index is 1.92. The molecule has 0 amide bonds. The third-order valence-corrected chi connectivity index (χ3v) is 5.42. The lowest BCUT2D eigenvalue weighted by Gasteiger charge is -2.44. The Morgan fingerprint density at radius 1 is 1.28 bits per heavy atom. The molecule has 2 aliphatic rings. The van der Waals surface area contributed by atoms with Crippen molar-refractivity contribution in [2.24, 2.45) is 0 Å². The molecule has 1 saturated heterocycles. The number of Topliss-reactive ketones (excluding diaryl/α,β-unsaturated/α-hetero) is 1. The van der Waals surface area contributed by atoms with Gasteiger partial charge in [-0.2, -0.15) is 0 Å². The highest BCUT2D eigenvalue weighted by Gasteiger charge is 2.49. The standard InChI is InChI=1S/C20H27NO4/c1-2-25-18(22)15-20(16-7-4-3-5-8-16)10-6-9-17(19(20)23)21-11-13-24-14-12-21/h3-5,7-8,17H,2,6,9-15H2,1H3. The Bertz CT molecular complexity index is 597. The van der Waals surface area contributed by atoms with E-state index in [1.54, 1.807) is 6.92 Å². The predicted molar refractivity (Wildman–Crippen MR) is 94.4 cm³/mol. The average Bonchev–Trinajstić information content (AvgIpc) is 2.65. The van der Waals surface area contributed by atoms with Crippen LogP contribution in [0.2, 0.25) is 0 Å². The van der Waals surface area contributed by atoms with Crippen molar-refractivity contribution in [1.29, 1.82) is 0 Å². The number of hydrogen-bond acceptors (Lipinski definition) is 5. The van der Waals surface area contributed by atoms with Gasteiger partial charge in [0.2, 0.25) is 0 Å². The lowest BCUT2D eigenvalue weighted by Crippen LogP contribution is -2.56. The van der Waals surface area contributed by atoms with E-state index >= 15 is 0 Å². The lowest BCUT2D eigenvalue weighted by atomic mass is 9.64. The van der Waals surface area contributed by atoms with E-state index in [0.29, 0.717) is 26.2 Å². The van der Waals surface area contributed by atoms with Gasteiger partial charge in [0, 0.05) is 13.1 Å². The molecule has 3 rings (SSSR count). The Kier molecular flexibility index (Phi) is 5.86. The number of nitrogens with zero attached hydrogens (tertiary/aromatic N) is 1. The first-order chi connectivity index (χ1) is 12.2. The Hall–Kier alpha value is -1.72. The molecule has 0 spiro atoms. The summed E-state index contributed by atoms with van der Waals surface area (Å²) in [6.07, 6.45) is 2.62. The molecule has 5 nitrogen and oxygen atoms in total. The Morgan fingerprint density at radius 2 is 2.00 bits per heavy atom. The number of carbonyl (C=O) groups excluding carboxylic acids is 2. The van der Waals surface area contributed by atoms with Gasteiger partial charge in [-0.3, -0.25) is 14.5 Å². The van der Waals surface area contributed by atoms with E-state index in [1.807, 2.05) is 30.3 Å². The zero-order valence-corrected chi connectivity index (χ0v) is 14.9. The van der Waals surface area contributed by atoms with Crippen LogP contribution in [0.15, 0.2) is 30.3 Å². The Labute approximate surface area is 149 Å². The lowest BCUT2D eigenvalue weighted by molar-refractivity contribution is -0.149. The van der Waals surface area contributed by atoms with Gasteiger partial charge in [0.25, 0.3) is 0 Å². The third-order valence-electron chi connectivity index (χ3n) is 5.42. The van der Waals surface area contributed by atoms with E-state index in [-0.39, 0.29) is 24.2 Å². The molecule has 1 aromatic rings. The summed E-state index contributed by atoms with van der Waals surface area (Å²) in [4.78, 5) is 28.1. The molecule has 136 valence electrons. The topological polar surface area (TPSA) is 55.8 Å². The highest BCUT2D eigenvalue weighted by molar-refractivity contribution is 5.98. The zero-order valence-electron chi connectivity index (χ0n) is 14.9. The van der Waals surface area contributed by atoms with E-state index in [4.69, 9.17) is 9.47 Å².